The molecule has 5 nitrogen and oxygen atoms in total. The lowest BCUT2D eigenvalue weighted by molar-refractivity contribution is -0.123. The first-order valence-electron chi connectivity index (χ1n) is 11.1. The molecule has 0 aliphatic carbocycles. The third-order valence-electron chi connectivity index (χ3n) is 5.21. The Hall–Kier alpha value is -2.31. The number of amides is 2. The second-order valence-corrected chi connectivity index (χ2v) is 9.79. The molecule has 2 rings (SSSR count). The Morgan fingerprint density at radius 3 is 2.19 bits per heavy atom. The summed E-state index contributed by atoms with van der Waals surface area (Å²) in [7, 11) is 0. The molecule has 2 N–H and O–H groups in total. The Kier molecular flexibility index (Phi) is 10.3. The predicted octanol–water partition coefficient (Wildman–Crippen LogP) is 4.69. The number of nitrogens with one attached hydrogen (secondary N) is 2. The first-order valence-corrected chi connectivity index (χ1v) is 12.5. The quantitative estimate of drug-likeness (QED) is 0.515. The standard InChI is InChI=1S/C26H36N2O3S/c1-6-31-18-20-9-7-19(8-10-20)17-27-25(30)23(15-16-32-5)28-24(29)21-11-13-22(14-12-21)26(2,3)4/h7-14,23H,6,15-18H2,1-5H3,(H,27,30)(H,28,29). The van der Waals surface area contributed by atoms with Gasteiger partial charge in [0.05, 0.1) is 6.61 Å². The molecule has 1 unspecified atom stereocenters. The molecular formula is C26H36N2O3S. The highest BCUT2D eigenvalue weighted by molar-refractivity contribution is 7.98. The molecule has 0 heterocycles. The second-order valence-electron chi connectivity index (χ2n) is 8.81. The predicted molar refractivity (Wildman–Crippen MR) is 133 cm³/mol. The van der Waals surface area contributed by atoms with Crippen molar-refractivity contribution in [1.29, 1.82) is 0 Å². The number of carbonyl (C=O) groups is 2. The number of carbonyl (C=O) groups excluding carboxylic acids is 2. The van der Waals surface area contributed by atoms with Gasteiger partial charge in [0.1, 0.15) is 6.04 Å². The van der Waals surface area contributed by atoms with Gasteiger partial charge in [0.2, 0.25) is 5.91 Å². The van der Waals surface area contributed by atoms with E-state index in [4.69, 9.17) is 4.74 Å². The minimum absolute atomic E-state index is 0.0248. The summed E-state index contributed by atoms with van der Waals surface area (Å²) in [6.07, 6.45) is 2.57. The molecule has 0 radical (unpaired) electrons. The summed E-state index contributed by atoms with van der Waals surface area (Å²) in [4.78, 5) is 25.6. The van der Waals surface area contributed by atoms with E-state index in [9.17, 15) is 9.59 Å². The highest BCUT2D eigenvalue weighted by atomic mass is 32.2. The zero-order valence-electron chi connectivity index (χ0n) is 19.9. The molecule has 0 fully saturated rings. The summed E-state index contributed by atoms with van der Waals surface area (Å²) in [5.74, 6) is 0.386. The number of ether oxygens (including phenoxy) is 1. The van der Waals surface area contributed by atoms with Crippen LogP contribution in [0.1, 0.15) is 61.2 Å². The fourth-order valence-corrected chi connectivity index (χ4v) is 3.62. The SMILES string of the molecule is CCOCc1ccc(CNC(=O)C(CCSC)NC(=O)c2ccc(C(C)(C)C)cc2)cc1. The number of hydrogen-bond acceptors (Lipinski definition) is 4. The highest BCUT2D eigenvalue weighted by Gasteiger charge is 2.21. The number of thioether (sulfide) groups is 1. The molecular weight excluding hydrogens is 420 g/mol. The van der Waals surface area contributed by atoms with Gasteiger partial charge in [-0.3, -0.25) is 9.59 Å². The Morgan fingerprint density at radius 1 is 1.00 bits per heavy atom. The van der Waals surface area contributed by atoms with Crippen LogP contribution in [-0.2, 0) is 28.1 Å². The van der Waals surface area contributed by atoms with Crippen LogP contribution in [0.3, 0.4) is 0 Å². The summed E-state index contributed by atoms with van der Waals surface area (Å²) in [6, 6.07) is 15.0. The van der Waals surface area contributed by atoms with Gasteiger partial charge in [0.25, 0.3) is 5.91 Å². The molecule has 0 spiro atoms. The second kappa shape index (κ2) is 12.7. The van der Waals surface area contributed by atoms with Crippen LogP contribution in [0.2, 0.25) is 0 Å². The molecule has 32 heavy (non-hydrogen) atoms. The molecule has 1 atom stereocenters. The third-order valence-corrected chi connectivity index (χ3v) is 5.85. The van der Waals surface area contributed by atoms with Crippen molar-refractivity contribution in [2.45, 2.75) is 58.7 Å². The van der Waals surface area contributed by atoms with Gasteiger partial charge in [-0.25, -0.2) is 0 Å². The minimum atomic E-state index is -0.575. The Balaban J connectivity index is 1.97. The van der Waals surface area contributed by atoms with Gasteiger partial charge < -0.3 is 15.4 Å². The molecule has 0 saturated heterocycles. The summed E-state index contributed by atoms with van der Waals surface area (Å²) < 4.78 is 5.41. The van der Waals surface area contributed by atoms with Crippen molar-refractivity contribution >= 4 is 23.6 Å². The van der Waals surface area contributed by atoms with E-state index in [1.807, 2.05) is 61.7 Å². The number of hydrogen-bond donors (Lipinski definition) is 2. The first kappa shape index (κ1) is 25.9. The van der Waals surface area contributed by atoms with Crippen molar-refractivity contribution in [3.8, 4) is 0 Å². The minimum Gasteiger partial charge on any atom is -0.377 e. The van der Waals surface area contributed by atoms with E-state index in [1.165, 1.54) is 0 Å². The summed E-state index contributed by atoms with van der Waals surface area (Å²) >= 11 is 1.65. The monoisotopic (exact) mass is 456 g/mol. The fourth-order valence-electron chi connectivity index (χ4n) is 3.15. The van der Waals surface area contributed by atoms with Crippen LogP contribution >= 0.6 is 11.8 Å². The van der Waals surface area contributed by atoms with Crippen molar-refractivity contribution in [2.75, 3.05) is 18.6 Å². The van der Waals surface area contributed by atoms with Crippen LogP contribution in [0.25, 0.3) is 0 Å². The maximum absolute atomic E-state index is 12.8. The van der Waals surface area contributed by atoms with E-state index in [0.717, 1.165) is 22.4 Å². The van der Waals surface area contributed by atoms with Gasteiger partial charge in [-0.05, 0) is 59.6 Å². The zero-order chi connectivity index (χ0) is 23.6. The van der Waals surface area contributed by atoms with Crippen molar-refractivity contribution < 1.29 is 14.3 Å². The van der Waals surface area contributed by atoms with E-state index in [0.29, 0.717) is 31.7 Å². The van der Waals surface area contributed by atoms with E-state index in [-0.39, 0.29) is 17.2 Å². The zero-order valence-corrected chi connectivity index (χ0v) is 20.7. The highest BCUT2D eigenvalue weighted by Crippen LogP contribution is 2.22. The molecule has 174 valence electrons. The third kappa shape index (κ3) is 8.32. The van der Waals surface area contributed by atoms with Crippen LogP contribution in [0.15, 0.2) is 48.5 Å². The van der Waals surface area contributed by atoms with Gasteiger partial charge in [-0.1, -0.05) is 57.2 Å². The van der Waals surface area contributed by atoms with Crippen molar-refractivity contribution in [1.82, 2.24) is 10.6 Å². The van der Waals surface area contributed by atoms with Crippen LogP contribution < -0.4 is 10.6 Å². The lowest BCUT2D eigenvalue weighted by Gasteiger charge is -2.20. The molecule has 0 aromatic heterocycles. The summed E-state index contributed by atoms with van der Waals surface area (Å²) in [6.45, 7) is 10.1. The van der Waals surface area contributed by atoms with E-state index in [2.05, 4.69) is 31.4 Å². The molecule has 2 aromatic carbocycles. The topological polar surface area (TPSA) is 67.4 Å². The van der Waals surface area contributed by atoms with Gasteiger partial charge in [0, 0.05) is 18.7 Å². The smallest absolute Gasteiger partial charge is 0.251 e. The van der Waals surface area contributed by atoms with Crippen molar-refractivity contribution in [3.05, 3.63) is 70.8 Å². The molecule has 6 heteroatoms. The summed E-state index contributed by atoms with van der Waals surface area (Å²) in [5, 5.41) is 5.88. The normalized spacial score (nSPS) is 12.3. The van der Waals surface area contributed by atoms with Gasteiger partial charge in [-0.2, -0.15) is 11.8 Å². The Morgan fingerprint density at radius 2 is 1.62 bits per heavy atom. The molecule has 0 bridgehead atoms. The van der Waals surface area contributed by atoms with Crippen LogP contribution in [-0.4, -0.2) is 36.5 Å². The maximum Gasteiger partial charge on any atom is 0.251 e. The van der Waals surface area contributed by atoms with Gasteiger partial charge in [-0.15, -0.1) is 0 Å². The number of rotatable bonds is 11. The van der Waals surface area contributed by atoms with E-state index < -0.39 is 6.04 Å². The molecule has 2 amide bonds. The fraction of sp³-hybridized carbons (Fsp3) is 0.462. The van der Waals surface area contributed by atoms with E-state index >= 15 is 0 Å². The van der Waals surface area contributed by atoms with Crippen LogP contribution in [0.5, 0.6) is 0 Å². The van der Waals surface area contributed by atoms with E-state index in [1.54, 1.807) is 11.8 Å². The average molecular weight is 457 g/mol. The Bertz CT molecular complexity index is 858. The van der Waals surface area contributed by atoms with Crippen LogP contribution in [0, 0.1) is 0 Å². The van der Waals surface area contributed by atoms with Gasteiger partial charge >= 0.3 is 0 Å². The molecule has 2 aromatic rings. The molecule has 0 saturated carbocycles. The van der Waals surface area contributed by atoms with Crippen molar-refractivity contribution in [3.63, 3.8) is 0 Å². The van der Waals surface area contributed by atoms with Gasteiger partial charge in [0.15, 0.2) is 0 Å². The van der Waals surface area contributed by atoms with Crippen molar-refractivity contribution in [2.24, 2.45) is 0 Å². The number of benzene rings is 2. The lowest BCUT2D eigenvalue weighted by atomic mass is 9.86. The molecule has 0 aliphatic heterocycles. The summed E-state index contributed by atoms with van der Waals surface area (Å²) in [5.41, 5.74) is 3.86. The lowest BCUT2D eigenvalue weighted by Crippen LogP contribution is -2.46. The maximum atomic E-state index is 12.8. The largest absolute Gasteiger partial charge is 0.377 e. The average Bonchev–Trinajstić information content (AvgIpc) is 2.78. The first-order chi connectivity index (χ1) is 15.2. The molecule has 0 aliphatic rings. The Labute approximate surface area is 196 Å². The van der Waals surface area contributed by atoms with Crippen LogP contribution in [0.4, 0.5) is 0 Å².